The van der Waals surface area contributed by atoms with E-state index in [0.29, 0.717) is 6.54 Å². The Morgan fingerprint density at radius 3 is 2.59 bits per heavy atom. The number of aliphatic hydroxyl groups excluding tert-OH is 1. The van der Waals surface area contributed by atoms with Crippen molar-refractivity contribution >= 4 is 29.0 Å². The van der Waals surface area contributed by atoms with Crippen LogP contribution >= 0.6 is 0 Å². The fourth-order valence-electron chi connectivity index (χ4n) is 4.99. The molecule has 1 aliphatic carbocycles. The van der Waals surface area contributed by atoms with E-state index in [9.17, 15) is 14.7 Å². The summed E-state index contributed by atoms with van der Waals surface area (Å²) in [5, 5.41) is 10.8. The number of methoxy groups -OCH3 is 1. The molecule has 0 saturated heterocycles. The number of nitrogens with zero attached hydrogens (tertiary/aromatic N) is 2. The molecule has 1 aliphatic rings. The van der Waals surface area contributed by atoms with Crippen molar-refractivity contribution < 1.29 is 24.2 Å². The van der Waals surface area contributed by atoms with Crippen LogP contribution in [0.25, 0.3) is 17.0 Å². The highest BCUT2D eigenvalue weighted by molar-refractivity contribution is 5.92. The molecule has 37 heavy (non-hydrogen) atoms. The number of carbonyl (C=O) groups excluding carboxylic acids is 2. The third-order valence-corrected chi connectivity index (χ3v) is 6.71. The number of hydrogen-bond donors (Lipinski definition) is 1. The first-order valence-corrected chi connectivity index (χ1v) is 12.7. The molecular weight excluding hydrogens is 468 g/mol. The lowest BCUT2D eigenvalue weighted by molar-refractivity contribution is -0.134. The lowest BCUT2D eigenvalue weighted by Gasteiger charge is -2.28. The van der Waals surface area contributed by atoms with Gasteiger partial charge in [-0.05, 0) is 74.4 Å². The Kier molecular flexibility index (Phi) is 8.15. The molecule has 1 heterocycles. The van der Waals surface area contributed by atoms with Crippen molar-refractivity contribution in [1.29, 1.82) is 0 Å². The fourth-order valence-corrected chi connectivity index (χ4v) is 4.99. The lowest BCUT2D eigenvalue weighted by atomic mass is 10.1. The minimum absolute atomic E-state index is 0.0830. The van der Waals surface area contributed by atoms with Crippen LogP contribution in [0.3, 0.4) is 0 Å². The number of carbonyl (C=O) groups is 2. The Morgan fingerprint density at radius 1 is 1.11 bits per heavy atom. The van der Waals surface area contributed by atoms with Crippen LogP contribution in [0, 0.1) is 0 Å². The van der Waals surface area contributed by atoms with E-state index in [1.807, 2.05) is 57.3 Å². The molecule has 0 radical (unpaired) electrons. The molecule has 0 bridgehead atoms. The van der Waals surface area contributed by atoms with Crippen LogP contribution in [0.15, 0.2) is 54.7 Å². The molecule has 0 fully saturated rings. The zero-order valence-electron chi connectivity index (χ0n) is 22.1. The minimum atomic E-state index is -0.576. The van der Waals surface area contributed by atoms with Gasteiger partial charge >= 0.3 is 12.1 Å². The maximum atomic E-state index is 12.9. The normalized spacial score (nSPS) is 15.5. The average Bonchev–Trinajstić information content (AvgIpc) is 3.45. The van der Waals surface area contributed by atoms with Crippen LogP contribution in [-0.4, -0.2) is 65.1 Å². The second-order valence-corrected chi connectivity index (χ2v) is 10.5. The molecule has 0 saturated carbocycles. The number of fused-ring (bicyclic) bond motifs is 2. The molecule has 0 aliphatic heterocycles. The van der Waals surface area contributed by atoms with Crippen LogP contribution in [0.4, 0.5) is 4.79 Å². The van der Waals surface area contributed by atoms with Gasteiger partial charge in [0.1, 0.15) is 5.60 Å². The van der Waals surface area contributed by atoms with Crippen molar-refractivity contribution in [2.75, 3.05) is 26.8 Å². The van der Waals surface area contributed by atoms with Crippen molar-refractivity contribution in [3.05, 3.63) is 77.0 Å². The second kappa shape index (κ2) is 11.3. The highest BCUT2D eigenvalue weighted by Crippen LogP contribution is 2.28. The number of hydrogen-bond acceptors (Lipinski definition) is 6. The number of aromatic nitrogens is 1. The smallest absolute Gasteiger partial charge is 0.419 e. The zero-order valence-corrected chi connectivity index (χ0v) is 22.1. The average molecular weight is 505 g/mol. The Hall–Kier alpha value is -3.42. The third kappa shape index (κ3) is 6.48. The first kappa shape index (κ1) is 26.6. The molecule has 7 heteroatoms. The topological polar surface area (TPSA) is 81.0 Å². The highest BCUT2D eigenvalue weighted by Gasteiger charge is 2.27. The standard InChI is InChI=1S/C30H36N2O5/c1-30(2,3)37-29(35)32-20-23(26-7-5-6-8-27(26)32)13-14-31(15-16-33)25-18-22-11-9-21(17-24(22)19-25)10-12-28(34)36-4/h5-12,17,20,25,33H,13-16,18-19H2,1-4H3. The fraction of sp³-hybridized carbons (Fsp3) is 0.400. The number of esters is 1. The molecule has 0 amide bonds. The van der Waals surface area contributed by atoms with E-state index < -0.39 is 5.60 Å². The first-order valence-electron chi connectivity index (χ1n) is 12.7. The van der Waals surface area contributed by atoms with Crippen molar-refractivity contribution in [2.24, 2.45) is 0 Å². The Morgan fingerprint density at radius 2 is 1.86 bits per heavy atom. The van der Waals surface area contributed by atoms with Gasteiger partial charge in [0.05, 0.1) is 19.2 Å². The van der Waals surface area contributed by atoms with Gasteiger partial charge in [-0.15, -0.1) is 0 Å². The summed E-state index contributed by atoms with van der Waals surface area (Å²) in [6, 6.07) is 14.4. The van der Waals surface area contributed by atoms with Gasteiger partial charge in [-0.25, -0.2) is 9.59 Å². The van der Waals surface area contributed by atoms with E-state index in [1.54, 1.807) is 10.6 Å². The quantitative estimate of drug-likeness (QED) is 0.356. The Balaban J connectivity index is 1.49. The number of rotatable bonds is 8. The highest BCUT2D eigenvalue weighted by atomic mass is 16.6. The van der Waals surface area contributed by atoms with Gasteiger partial charge in [-0.3, -0.25) is 9.47 Å². The van der Waals surface area contributed by atoms with E-state index in [0.717, 1.165) is 47.8 Å². The van der Waals surface area contributed by atoms with Crippen LogP contribution in [-0.2, 0) is 33.5 Å². The predicted molar refractivity (Wildman–Crippen MR) is 145 cm³/mol. The van der Waals surface area contributed by atoms with E-state index in [1.165, 1.54) is 24.3 Å². The number of benzene rings is 2. The first-order chi connectivity index (χ1) is 17.7. The van der Waals surface area contributed by atoms with Crippen molar-refractivity contribution in [3.8, 4) is 0 Å². The molecule has 1 atom stereocenters. The summed E-state index contributed by atoms with van der Waals surface area (Å²) in [7, 11) is 1.37. The summed E-state index contributed by atoms with van der Waals surface area (Å²) in [5.74, 6) is -0.375. The van der Waals surface area contributed by atoms with Gasteiger partial charge < -0.3 is 14.6 Å². The van der Waals surface area contributed by atoms with Gasteiger partial charge in [0, 0.05) is 36.8 Å². The van der Waals surface area contributed by atoms with Gasteiger partial charge in [0.2, 0.25) is 0 Å². The van der Waals surface area contributed by atoms with Gasteiger partial charge in [-0.1, -0.05) is 36.4 Å². The summed E-state index contributed by atoms with van der Waals surface area (Å²) in [5.41, 5.74) is 4.86. The Labute approximate surface area is 218 Å². The maximum absolute atomic E-state index is 12.9. The maximum Gasteiger partial charge on any atom is 0.419 e. The molecule has 2 aromatic carbocycles. The van der Waals surface area contributed by atoms with Crippen molar-refractivity contribution in [2.45, 2.75) is 51.7 Å². The number of aliphatic hydroxyl groups is 1. The molecule has 3 aromatic rings. The predicted octanol–water partition coefficient (Wildman–Crippen LogP) is 4.61. The molecule has 4 rings (SSSR count). The van der Waals surface area contributed by atoms with Crippen LogP contribution in [0.1, 0.15) is 43.0 Å². The monoisotopic (exact) mass is 504 g/mol. The van der Waals surface area contributed by atoms with Crippen LogP contribution in [0.2, 0.25) is 0 Å². The van der Waals surface area contributed by atoms with Crippen LogP contribution < -0.4 is 0 Å². The molecule has 1 unspecified atom stereocenters. The summed E-state index contributed by atoms with van der Waals surface area (Å²) in [4.78, 5) is 26.6. The van der Waals surface area contributed by atoms with E-state index >= 15 is 0 Å². The summed E-state index contributed by atoms with van der Waals surface area (Å²) in [6.45, 7) is 7.02. The van der Waals surface area contributed by atoms with Gasteiger partial charge in [0.25, 0.3) is 0 Å². The number of para-hydroxylation sites is 1. The molecule has 196 valence electrons. The van der Waals surface area contributed by atoms with Crippen molar-refractivity contribution in [1.82, 2.24) is 9.47 Å². The minimum Gasteiger partial charge on any atom is -0.466 e. The lowest BCUT2D eigenvalue weighted by Crippen LogP contribution is -2.39. The Bertz CT molecular complexity index is 1300. The zero-order chi connectivity index (χ0) is 26.6. The van der Waals surface area contributed by atoms with Gasteiger partial charge in [0.15, 0.2) is 0 Å². The van der Waals surface area contributed by atoms with Gasteiger partial charge in [-0.2, -0.15) is 0 Å². The largest absolute Gasteiger partial charge is 0.466 e. The summed E-state index contributed by atoms with van der Waals surface area (Å²) < 4.78 is 11.9. The van der Waals surface area contributed by atoms with E-state index in [-0.39, 0.29) is 24.7 Å². The third-order valence-electron chi connectivity index (χ3n) is 6.71. The van der Waals surface area contributed by atoms with Crippen molar-refractivity contribution in [3.63, 3.8) is 0 Å². The molecule has 0 spiro atoms. The summed E-state index contributed by atoms with van der Waals surface area (Å²) in [6.07, 6.45) is 7.25. The number of ether oxygens (including phenoxy) is 2. The van der Waals surface area contributed by atoms with E-state index in [2.05, 4.69) is 21.8 Å². The van der Waals surface area contributed by atoms with Crippen LogP contribution in [0.5, 0.6) is 0 Å². The molecular formula is C30H36N2O5. The van der Waals surface area contributed by atoms with E-state index in [4.69, 9.17) is 4.74 Å². The SMILES string of the molecule is COC(=O)C=Cc1ccc2c(c1)CC(N(CCO)CCc1cn(C(=O)OC(C)(C)C)c3ccccc13)C2. The molecule has 1 aromatic heterocycles. The summed E-state index contributed by atoms with van der Waals surface area (Å²) >= 11 is 0. The molecule has 7 nitrogen and oxygen atoms in total. The molecule has 1 N–H and O–H groups in total. The second-order valence-electron chi connectivity index (χ2n) is 10.5.